The van der Waals surface area contributed by atoms with Crippen LogP contribution < -0.4 is 14.4 Å². The zero-order chi connectivity index (χ0) is 29.3. The summed E-state index contributed by atoms with van der Waals surface area (Å²) < 4.78 is 47.4. The van der Waals surface area contributed by atoms with Crippen LogP contribution in [0.3, 0.4) is 0 Å². The lowest BCUT2D eigenvalue weighted by molar-refractivity contribution is -0.140. The smallest absolute Gasteiger partial charge is 0.264 e. The summed E-state index contributed by atoms with van der Waals surface area (Å²) in [5, 5.41) is 3.23. The molecular weight excluding hydrogens is 557 g/mol. The Balaban J connectivity index is 2.05. The van der Waals surface area contributed by atoms with Crippen LogP contribution in [0, 0.1) is 5.82 Å². The van der Waals surface area contributed by atoms with E-state index >= 15 is 0 Å². The number of nitrogens with zero attached hydrogens (tertiary/aromatic N) is 2. The molecule has 1 unspecified atom stereocenters. The van der Waals surface area contributed by atoms with Crippen molar-refractivity contribution in [1.82, 2.24) is 10.2 Å². The number of nitrogens with one attached hydrogen (secondary N) is 1. The number of hydrogen-bond donors (Lipinski definition) is 1. The Morgan fingerprint density at radius 1 is 1.00 bits per heavy atom. The zero-order valence-corrected chi connectivity index (χ0v) is 24.2. The molecule has 3 aromatic carbocycles. The van der Waals surface area contributed by atoms with Gasteiger partial charge in [-0.2, -0.15) is 0 Å². The van der Waals surface area contributed by atoms with Crippen molar-refractivity contribution < 1.29 is 27.1 Å². The van der Waals surface area contributed by atoms with Gasteiger partial charge in [0.15, 0.2) is 0 Å². The molecule has 214 valence electrons. The van der Waals surface area contributed by atoms with Gasteiger partial charge in [0.05, 0.1) is 17.7 Å². The fourth-order valence-corrected chi connectivity index (χ4v) is 5.72. The second-order valence-electron chi connectivity index (χ2n) is 8.99. The molecule has 0 saturated heterocycles. The molecule has 0 aliphatic carbocycles. The highest BCUT2D eigenvalue weighted by atomic mass is 35.5. The maximum atomic E-state index is 14.0. The van der Waals surface area contributed by atoms with Crippen LogP contribution in [-0.4, -0.2) is 51.4 Å². The third-order valence-electron chi connectivity index (χ3n) is 6.27. The standard InChI is InChI=1S/C29H33ClFN3O5S/c1-4-18-32-29(36)27(5-2)33(19-21-8-6-7-9-26(21)30)28(35)20-34(23-12-10-22(31)11-13-23)40(37,38)25-16-14-24(39-3)15-17-25/h6-17,27H,4-5,18-20H2,1-3H3,(H,32,36). The molecule has 11 heteroatoms. The number of halogens is 2. The first-order chi connectivity index (χ1) is 19.1. The highest BCUT2D eigenvalue weighted by Crippen LogP contribution is 2.27. The summed E-state index contributed by atoms with van der Waals surface area (Å²) in [7, 11) is -2.83. The maximum Gasteiger partial charge on any atom is 0.264 e. The normalized spacial score (nSPS) is 11.9. The first kappa shape index (κ1) is 30.9. The number of ether oxygens (including phenoxy) is 1. The van der Waals surface area contributed by atoms with Gasteiger partial charge in [-0.15, -0.1) is 0 Å². The molecule has 8 nitrogen and oxygen atoms in total. The predicted molar refractivity (Wildman–Crippen MR) is 153 cm³/mol. The van der Waals surface area contributed by atoms with E-state index < -0.39 is 34.3 Å². The summed E-state index contributed by atoms with van der Waals surface area (Å²) in [6.07, 6.45) is 0.993. The van der Waals surface area contributed by atoms with Crippen LogP contribution in [0.2, 0.25) is 5.02 Å². The molecule has 0 saturated carbocycles. The molecule has 2 amide bonds. The van der Waals surface area contributed by atoms with E-state index in [1.165, 1.54) is 48.4 Å². The maximum absolute atomic E-state index is 14.0. The Kier molecular flexibility index (Phi) is 10.9. The average molecular weight is 590 g/mol. The Morgan fingerprint density at radius 2 is 1.65 bits per heavy atom. The van der Waals surface area contributed by atoms with Gasteiger partial charge in [-0.3, -0.25) is 13.9 Å². The van der Waals surface area contributed by atoms with Gasteiger partial charge >= 0.3 is 0 Å². The predicted octanol–water partition coefficient (Wildman–Crippen LogP) is 5.02. The van der Waals surface area contributed by atoms with Gasteiger partial charge < -0.3 is 15.0 Å². The fourth-order valence-electron chi connectivity index (χ4n) is 4.11. The van der Waals surface area contributed by atoms with Gasteiger partial charge in [0.25, 0.3) is 10.0 Å². The molecule has 3 rings (SSSR count). The van der Waals surface area contributed by atoms with Gasteiger partial charge in [-0.05, 0) is 73.0 Å². The van der Waals surface area contributed by atoms with Crippen LogP contribution in [0.4, 0.5) is 10.1 Å². The molecule has 0 aliphatic rings. The molecule has 3 aromatic rings. The molecule has 0 heterocycles. The molecule has 40 heavy (non-hydrogen) atoms. The van der Waals surface area contributed by atoms with Crippen molar-refractivity contribution in [1.29, 1.82) is 0 Å². The lowest BCUT2D eigenvalue weighted by Crippen LogP contribution is -2.52. The largest absolute Gasteiger partial charge is 0.497 e. The fraction of sp³-hybridized carbons (Fsp3) is 0.310. The van der Waals surface area contributed by atoms with Crippen molar-refractivity contribution in [2.75, 3.05) is 24.5 Å². The van der Waals surface area contributed by atoms with E-state index in [1.54, 1.807) is 31.2 Å². The summed E-state index contributed by atoms with van der Waals surface area (Å²) in [5.74, 6) is -1.08. The molecule has 0 radical (unpaired) electrons. The molecule has 0 bridgehead atoms. The summed E-state index contributed by atoms with van der Waals surface area (Å²) in [6.45, 7) is 3.46. The SMILES string of the molecule is CCCNC(=O)C(CC)N(Cc1ccccc1Cl)C(=O)CN(c1ccc(F)cc1)S(=O)(=O)c1ccc(OC)cc1. The minimum Gasteiger partial charge on any atom is -0.497 e. The van der Waals surface area contributed by atoms with E-state index in [4.69, 9.17) is 16.3 Å². The minimum absolute atomic E-state index is 0.0175. The van der Waals surface area contributed by atoms with E-state index in [9.17, 15) is 22.4 Å². The second-order valence-corrected chi connectivity index (χ2v) is 11.3. The lowest BCUT2D eigenvalue weighted by atomic mass is 10.1. The first-order valence-corrected chi connectivity index (χ1v) is 14.7. The van der Waals surface area contributed by atoms with Crippen molar-refractivity contribution >= 4 is 39.1 Å². The number of hydrogen-bond acceptors (Lipinski definition) is 5. The summed E-state index contributed by atoms with van der Waals surface area (Å²) in [6, 6.07) is 16.6. The van der Waals surface area contributed by atoms with Gasteiger partial charge in [0, 0.05) is 18.1 Å². The van der Waals surface area contributed by atoms with E-state index in [1.807, 2.05) is 6.92 Å². The summed E-state index contributed by atoms with van der Waals surface area (Å²) >= 11 is 6.39. The Hall–Kier alpha value is -3.63. The number of carbonyl (C=O) groups is 2. The molecule has 1 N–H and O–H groups in total. The Bertz CT molecular complexity index is 1400. The highest BCUT2D eigenvalue weighted by Gasteiger charge is 2.34. The van der Waals surface area contributed by atoms with E-state index in [0.29, 0.717) is 29.3 Å². The molecular formula is C29H33ClFN3O5S. The number of carbonyl (C=O) groups excluding carboxylic acids is 2. The first-order valence-electron chi connectivity index (χ1n) is 12.8. The number of anilines is 1. The van der Waals surface area contributed by atoms with Gasteiger partial charge in [-0.1, -0.05) is 43.6 Å². The third-order valence-corrected chi connectivity index (χ3v) is 8.43. The summed E-state index contributed by atoms with van der Waals surface area (Å²) in [4.78, 5) is 28.3. The van der Waals surface area contributed by atoms with Crippen molar-refractivity contribution in [3.63, 3.8) is 0 Å². The number of methoxy groups -OCH3 is 1. The van der Waals surface area contributed by atoms with Gasteiger partial charge in [0.1, 0.15) is 24.2 Å². The molecule has 0 aliphatic heterocycles. The second kappa shape index (κ2) is 14.1. The Labute approximate surface area is 239 Å². The lowest BCUT2D eigenvalue weighted by Gasteiger charge is -2.33. The number of rotatable bonds is 13. The third kappa shape index (κ3) is 7.51. The zero-order valence-electron chi connectivity index (χ0n) is 22.6. The van der Waals surface area contributed by atoms with Crippen molar-refractivity contribution in [2.45, 2.75) is 44.2 Å². The molecule has 0 aromatic heterocycles. The van der Waals surface area contributed by atoms with Crippen LogP contribution in [0.5, 0.6) is 5.75 Å². The van der Waals surface area contributed by atoms with Crippen LogP contribution in [0.15, 0.2) is 77.7 Å². The van der Waals surface area contributed by atoms with Crippen LogP contribution in [0.1, 0.15) is 32.3 Å². The van der Waals surface area contributed by atoms with Crippen LogP contribution in [0.25, 0.3) is 0 Å². The topological polar surface area (TPSA) is 96.0 Å². The van der Waals surface area contributed by atoms with Crippen LogP contribution >= 0.6 is 11.6 Å². The van der Waals surface area contributed by atoms with Crippen molar-refractivity contribution in [3.05, 3.63) is 89.2 Å². The number of sulfonamides is 1. The van der Waals surface area contributed by atoms with E-state index in [-0.39, 0.29) is 29.5 Å². The monoisotopic (exact) mass is 589 g/mol. The molecule has 0 spiro atoms. The van der Waals surface area contributed by atoms with Crippen molar-refractivity contribution in [2.24, 2.45) is 0 Å². The highest BCUT2D eigenvalue weighted by molar-refractivity contribution is 7.92. The van der Waals surface area contributed by atoms with Gasteiger partial charge in [0.2, 0.25) is 11.8 Å². The van der Waals surface area contributed by atoms with Crippen LogP contribution in [-0.2, 0) is 26.2 Å². The Morgan fingerprint density at radius 3 is 2.23 bits per heavy atom. The minimum atomic E-state index is -4.29. The van der Waals surface area contributed by atoms with E-state index in [0.717, 1.165) is 16.4 Å². The van der Waals surface area contributed by atoms with E-state index in [2.05, 4.69) is 5.32 Å². The van der Waals surface area contributed by atoms with Crippen molar-refractivity contribution in [3.8, 4) is 5.75 Å². The quantitative estimate of drug-likeness (QED) is 0.302. The molecule has 0 fully saturated rings. The van der Waals surface area contributed by atoms with Gasteiger partial charge in [-0.25, -0.2) is 12.8 Å². The number of amides is 2. The molecule has 1 atom stereocenters. The summed E-state index contributed by atoms with van der Waals surface area (Å²) in [5.41, 5.74) is 0.692. The number of benzene rings is 3. The average Bonchev–Trinajstić information content (AvgIpc) is 2.96.